The summed E-state index contributed by atoms with van der Waals surface area (Å²) < 4.78 is 18.3. The Kier molecular flexibility index (Phi) is 11.9. The third kappa shape index (κ3) is 9.39. The second kappa shape index (κ2) is 16.9. The molecule has 4 aromatic rings. The molecule has 0 radical (unpaired) electrons. The first-order chi connectivity index (χ1) is 25.1. The molecule has 12 heteroatoms. The van der Waals surface area contributed by atoms with Gasteiger partial charge in [-0.15, -0.1) is 0 Å². The number of amides is 1. The van der Waals surface area contributed by atoms with Crippen LogP contribution in [-0.2, 0) is 37.0 Å². The number of hydrogen-bond acceptors (Lipinski definition) is 10. The van der Waals surface area contributed by atoms with Crippen molar-refractivity contribution in [2.45, 2.75) is 58.0 Å². The van der Waals surface area contributed by atoms with E-state index in [-0.39, 0.29) is 41.9 Å². The van der Waals surface area contributed by atoms with Crippen molar-refractivity contribution in [3.63, 3.8) is 0 Å². The van der Waals surface area contributed by atoms with Crippen LogP contribution in [0.25, 0.3) is 11.1 Å². The molecule has 12 nitrogen and oxygen atoms in total. The Bertz CT molecular complexity index is 1840. The van der Waals surface area contributed by atoms with Crippen LogP contribution in [0.1, 0.15) is 54.9 Å². The molecule has 0 spiro atoms. The number of carbonyl (C=O) groups is 2. The minimum Gasteiger partial charge on any atom is -0.453 e. The van der Waals surface area contributed by atoms with Crippen LogP contribution < -0.4 is 10.2 Å². The van der Waals surface area contributed by atoms with E-state index in [2.05, 4.69) is 21.2 Å². The van der Waals surface area contributed by atoms with Gasteiger partial charge in [0.25, 0.3) is 11.6 Å². The summed E-state index contributed by atoms with van der Waals surface area (Å²) in [5.41, 5.74) is 6.64. The minimum absolute atomic E-state index is 0.0280. The minimum atomic E-state index is -0.875. The second-order valence-electron chi connectivity index (χ2n) is 13.2. The summed E-state index contributed by atoms with van der Waals surface area (Å²) in [5.74, 6) is -0.872. The quantitative estimate of drug-likeness (QED) is 0.107. The Balaban J connectivity index is 1.15. The van der Waals surface area contributed by atoms with Crippen molar-refractivity contribution in [3.8, 4) is 11.1 Å². The predicted molar refractivity (Wildman–Crippen MR) is 195 cm³/mol. The molecule has 4 aromatic carbocycles. The molecule has 0 bridgehead atoms. The monoisotopic (exact) mass is 708 g/mol. The molecular weight excluding hydrogens is 664 g/mol. The molecule has 2 aliphatic heterocycles. The zero-order chi connectivity index (χ0) is 36.6. The summed E-state index contributed by atoms with van der Waals surface area (Å²) in [4.78, 5) is 39.0. The number of non-ortho nitro benzene ring substituents is 1. The first kappa shape index (κ1) is 36.6. The Morgan fingerprint density at radius 1 is 0.904 bits per heavy atom. The highest BCUT2D eigenvalue weighted by Crippen LogP contribution is 2.39. The first-order valence-corrected chi connectivity index (χ1v) is 17.5. The number of benzene rings is 4. The maximum absolute atomic E-state index is 12.4. The summed E-state index contributed by atoms with van der Waals surface area (Å²) in [7, 11) is 0. The van der Waals surface area contributed by atoms with E-state index in [1.165, 1.54) is 13.8 Å². The summed E-state index contributed by atoms with van der Waals surface area (Å²) in [6, 6.07) is 30.6. The standard InChI is InChI=1S/C40H44N4O8/c1-27(50-28(2)46)39(47)41-24-30-5-3-6-32(21-30)33-7-4-8-34(22-33)40-51-37(23-38(52-40)31-11-9-29(26-45)10-12-31)25-42-17-19-43(20-18-42)35-13-15-36(16-14-35)44(48)49/h3-16,21-22,27,37-38,40,45H,17-20,23-26H2,1-2H3,(H,41,47)/t27-,37-,38+,40+/m0/s1. The fourth-order valence-electron chi connectivity index (χ4n) is 6.66. The van der Waals surface area contributed by atoms with Gasteiger partial charge in [-0.25, -0.2) is 0 Å². The molecule has 6 rings (SSSR count). The van der Waals surface area contributed by atoms with E-state index in [1.807, 2.05) is 78.9 Å². The Hall–Kier alpha value is -5.14. The van der Waals surface area contributed by atoms with Crippen molar-refractivity contribution in [2.75, 3.05) is 37.6 Å². The van der Waals surface area contributed by atoms with E-state index in [1.54, 1.807) is 12.1 Å². The molecule has 0 saturated carbocycles. The number of piperazine rings is 1. The molecular formula is C40H44N4O8. The van der Waals surface area contributed by atoms with E-state index in [0.29, 0.717) is 6.42 Å². The summed E-state index contributed by atoms with van der Waals surface area (Å²) in [6.45, 7) is 7.04. The summed E-state index contributed by atoms with van der Waals surface area (Å²) in [6.07, 6.45) is -1.16. The van der Waals surface area contributed by atoms with Gasteiger partial charge >= 0.3 is 5.97 Å². The average Bonchev–Trinajstić information content (AvgIpc) is 3.17. The lowest BCUT2D eigenvalue weighted by Crippen LogP contribution is -2.49. The molecule has 1 amide bonds. The van der Waals surface area contributed by atoms with Crippen LogP contribution in [-0.4, -0.2) is 71.7 Å². The number of nitrogens with one attached hydrogen (secondary N) is 1. The van der Waals surface area contributed by atoms with E-state index >= 15 is 0 Å². The zero-order valence-corrected chi connectivity index (χ0v) is 29.4. The molecule has 2 saturated heterocycles. The van der Waals surface area contributed by atoms with Crippen molar-refractivity contribution < 1.29 is 33.8 Å². The molecule has 2 heterocycles. The number of nitro benzene ring substituents is 1. The number of ether oxygens (including phenoxy) is 3. The van der Waals surface area contributed by atoms with Gasteiger partial charge in [0.05, 0.1) is 23.7 Å². The van der Waals surface area contributed by atoms with Gasteiger partial charge in [-0.1, -0.05) is 60.7 Å². The molecule has 0 aliphatic carbocycles. The zero-order valence-electron chi connectivity index (χ0n) is 29.4. The van der Waals surface area contributed by atoms with E-state index in [0.717, 1.165) is 71.8 Å². The number of aliphatic hydroxyl groups excluding tert-OH is 1. The average molecular weight is 709 g/mol. The largest absolute Gasteiger partial charge is 0.453 e. The van der Waals surface area contributed by atoms with Gasteiger partial charge in [-0.2, -0.15) is 0 Å². The highest BCUT2D eigenvalue weighted by atomic mass is 16.7. The molecule has 2 N–H and O–H groups in total. The molecule has 272 valence electrons. The van der Waals surface area contributed by atoms with Gasteiger partial charge in [0.1, 0.15) is 0 Å². The maximum Gasteiger partial charge on any atom is 0.303 e. The lowest BCUT2D eigenvalue weighted by atomic mass is 9.98. The SMILES string of the molecule is CC(=O)O[C@@H](C)C(=O)NCc1cccc(-c2cccc([C@@H]3O[C@H](CN4CCN(c5ccc([N+](=O)[O-])cc5)CC4)C[C@H](c4ccc(CO)cc4)O3)c2)c1. The van der Waals surface area contributed by atoms with Crippen molar-refractivity contribution in [1.82, 2.24) is 10.2 Å². The number of anilines is 1. The number of nitro groups is 1. The fraction of sp³-hybridized carbons (Fsp3) is 0.350. The lowest BCUT2D eigenvalue weighted by molar-refractivity contribution is -0.384. The van der Waals surface area contributed by atoms with E-state index in [9.17, 15) is 24.8 Å². The van der Waals surface area contributed by atoms with Crippen LogP contribution in [0.2, 0.25) is 0 Å². The Labute approximate surface area is 303 Å². The normalized spacial score (nSPS) is 19.8. The van der Waals surface area contributed by atoms with Crippen LogP contribution in [0.15, 0.2) is 97.1 Å². The van der Waals surface area contributed by atoms with Crippen LogP contribution in [0.5, 0.6) is 0 Å². The van der Waals surface area contributed by atoms with Crippen molar-refractivity contribution in [2.24, 2.45) is 0 Å². The number of hydrogen-bond donors (Lipinski definition) is 2. The van der Waals surface area contributed by atoms with Gasteiger partial charge in [0, 0.05) is 76.0 Å². The predicted octanol–water partition coefficient (Wildman–Crippen LogP) is 5.69. The number of aliphatic hydroxyl groups is 1. The first-order valence-electron chi connectivity index (χ1n) is 17.5. The Morgan fingerprint density at radius 2 is 1.60 bits per heavy atom. The molecule has 2 aliphatic rings. The highest BCUT2D eigenvalue weighted by Gasteiger charge is 2.34. The molecule has 2 fully saturated rings. The van der Waals surface area contributed by atoms with E-state index in [4.69, 9.17) is 14.2 Å². The van der Waals surface area contributed by atoms with Crippen LogP contribution in [0.3, 0.4) is 0 Å². The highest BCUT2D eigenvalue weighted by molar-refractivity contribution is 5.82. The Morgan fingerprint density at radius 3 is 2.27 bits per heavy atom. The van der Waals surface area contributed by atoms with Crippen molar-refractivity contribution in [1.29, 1.82) is 0 Å². The molecule has 4 atom stereocenters. The van der Waals surface area contributed by atoms with Crippen molar-refractivity contribution >= 4 is 23.3 Å². The third-order valence-electron chi connectivity index (χ3n) is 9.47. The van der Waals surface area contributed by atoms with E-state index < -0.39 is 18.4 Å². The number of carbonyl (C=O) groups excluding carboxylic acids is 2. The van der Waals surface area contributed by atoms with Gasteiger partial charge in [-0.05, 0) is 59.0 Å². The lowest BCUT2D eigenvalue weighted by Gasteiger charge is -2.41. The number of rotatable bonds is 12. The van der Waals surface area contributed by atoms with Gasteiger partial charge in [-0.3, -0.25) is 24.6 Å². The van der Waals surface area contributed by atoms with Crippen LogP contribution >= 0.6 is 0 Å². The maximum atomic E-state index is 12.4. The van der Waals surface area contributed by atoms with Crippen LogP contribution in [0, 0.1) is 10.1 Å². The topological polar surface area (TPSA) is 144 Å². The number of esters is 1. The molecule has 0 unspecified atom stereocenters. The van der Waals surface area contributed by atoms with Gasteiger partial charge in [0.2, 0.25) is 0 Å². The van der Waals surface area contributed by atoms with Crippen LogP contribution in [0.4, 0.5) is 11.4 Å². The summed E-state index contributed by atoms with van der Waals surface area (Å²) >= 11 is 0. The fourth-order valence-corrected chi connectivity index (χ4v) is 6.66. The number of nitrogens with zero attached hydrogens (tertiary/aromatic N) is 3. The smallest absolute Gasteiger partial charge is 0.303 e. The van der Waals surface area contributed by atoms with Gasteiger partial charge < -0.3 is 29.5 Å². The molecule has 0 aromatic heterocycles. The molecule has 52 heavy (non-hydrogen) atoms. The van der Waals surface area contributed by atoms with Crippen molar-refractivity contribution in [3.05, 3.63) is 129 Å². The third-order valence-corrected chi connectivity index (χ3v) is 9.47. The second-order valence-corrected chi connectivity index (χ2v) is 13.2. The summed E-state index contributed by atoms with van der Waals surface area (Å²) in [5, 5.41) is 23.5. The van der Waals surface area contributed by atoms with Gasteiger partial charge in [0.15, 0.2) is 12.4 Å².